The molecule has 0 radical (unpaired) electrons. The Morgan fingerprint density at radius 1 is 0.933 bits per heavy atom. The topological polar surface area (TPSA) is 42.2 Å². The lowest BCUT2D eigenvalue weighted by Crippen LogP contribution is -2.32. The minimum Gasteiger partial charge on any atom is -0.339 e. The Hall–Kier alpha value is -2.74. The van der Waals surface area contributed by atoms with Crippen LogP contribution in [0.25, 0.3) is 0 Å². The summed E-state index contributed by atoms with van der Waals surface area (Å²) in [7, 11) is 0. The molecule has 30 heavy (non-hydrogen) atoms. The smallest absolute Gasteiger partial charge is 0.339 e. The fraction of sp³-hybridized carbons (Fsp3) is 0.364. The first-order valence-corrected chi connectivity index (χ1v) is 9.82. The molecule has 1 aliphatic rings. The highest BCUT2D eigenvalue weighted by Crippen LogP contribution is 2.30. The second-order valence-electron chi connectivity index (χ2n) is 7.60. The van der Waals surface area contributed by atoms with Gasteiger partial charge >= 0.3 is 6.18 Å². The van der Waals surface area contributed by atoms with Gasteiger partial charge in [0, 0.05) is 18.9 Å². The Bertz CT molecular complexity index is 959. The molecular weight excluding hydrogens is 398 g/mol. The van der Waals surface area contributed by atoms with Crippen LogP contribution in [0.3, 0.4) is 0 Å². The normalized spacial score (nSPS) is 16.1. The van der Waals surface area contributed by atoms with Gasteiger partial charge in [-0.05, 0) is 61.3 Å². The monoisotopic (exact) mass is 419 g/mol. The molecule has 1 saturated heterocycles. The molecule has 0 amide bonds. The van der Waals surface area contributed by atoms with Crippen molar-refractivity contribution in [2.45, 2.75) is 37.9 Å². The number of alkyl halides is 3. The number of halogens is 4. The van der Waals surface area contributed by atoms with Crippen molar-refractivity contribution in [3.05, 3.63) is 82.8 Å². The summed E-state index contributed by atoms with van der Waals surface area (Å²) in [6.07, 6.45) is -2.13. The number of hydrogen-bond donors (Lipinski definition) is 0. The van der Waals surface area contributed by atoms with E-state index < -0.39 is 11.7 Å². The van der Waals surface area contributed by atoms with Crippen LogP contribution in [0.2, 0.25) is 0 Å². The average Bonchev–Trinajstić information content (AvgIpc) is 3.18. The number of likely N-dealkylation sites (tertiary alicyclic amines) is 1. The molecule has 0 N–H and O–H groups in total. The lowest BCUT2D eigenvalue weighted by Gasteiger charge is -2.30. The number of hydrogen-bond acceptors (Lipinski definition) is 4. The first kappa shape index (κ1) is 20.5. The highest BCUT2D eigenvalue weighted by atomic mass is 19.4. The van der Waals surface area contributed by atoms with Crippen LogP contribution >= 0.6 is 0 Å². The van der Waals surface area contributed by atoms with Crippen molar-refractivity contribution < 1.29 is 22.1 Å². The van der Waals surface area contributed by atoms with E-state index in [0.29, 0.717) is 24.7 Å². The highest BCUT2D eigenvalue weighted by Gasteiger charge is 2.30. The van der Waals surface area contributed by atoms with E-state index in [2.05, 4.69) is 15.0 Å². The van der Waals surface area contributed by atoms with Gasteiger partial charge in [0.25, 0.3) is 0 Å². The fourth-order valence-corrected chi connectivity index (χ4v) is 3.69. The minimum absolute atomic E-state index is 0.170. The predicted octanol–water partition coefficient (Wildman–Crippen LogP) is 5.20. The van der Waals surface area contributed by atoms with E-state index in [1.54, 1.807) is 12.1 Å². The molecule has 1 fully saturated rings. The van der Waals surface area contributed by atoms with Crippen molar-refractivity contribution in [1.82, 2.24) is 15.0 Å². The van der Waals surface area contributed by atoms with Crippen LogP contribution in [-0.2, 0) is 19.1 Å². The molecule has 1 aromatic heterocycles. The van der Waals surface area contributed by atoms with Gasteiger partial charge < -0.3 is 4.52 Å². The van der Waals surface area contributed by atoms with Crippen molar-refractivity contribution in [3.63, 3.8) is 0 Å². The van der Waals surface area contributed by atoms with Gasteiger partial charge in [0.05, 0.1) is 5.56 Å². The van der Waals surface area contributed by atoms with Gasteiger partial charge in [-0.2, -0.15) is 18.2 Å². The van der Waals surface area contributed by atoms with Crippen molar-refractivity contribution >= 4 is 0 Å². The Morgan fingerprint density at radius 3 is 2.20 bits per heavy atom. The largest absolute Gasteiger partial charge is 0.416 e. The molecule has 0 saturated carbocycles. The van der Waals surface area contributed by atoms with Crippen LogP contribution in [0, 0.1) is 5.82 Å². The first-order chi connectivity index (χ1) is 14.4. The third-order valence-corrected chi connectivity index (χ3v) is 5.38. The second kappa shape index (κ2) is 8.55. The van der Waals surface area contributed by atoms with Gasteiger partial charge in [0.2, 0.25) is 5.89 Å². The first-order valence-electron chi connectivity index (χ1n) is 9.82. The van der Waals surface area contributed by atoms with Gasteiger partial charge in [-0.25, -0.2) is 4.39 Å². The van der Waals surface area contributed by atoms with Gasteiger partial charge in [0.1, 0.15) is 5.82 Å². The Morgan fingerprint density at radius 2 is 1.57 bits per heavy atom. The summed E-state index contributed by atoms with van der Waals surface area (Å²) < 4.78 is 56.5. The molecule has 4 nitrogen and oxygen atoms in total. The maximum atomic E-state index is 13.0. The number of piperidine rings is 1. The molecule has 4 rings (SSSR count). The molecule has 0 bridgehead atoms. The molecule has 2 aromatic carbocycles. The zero-order chi connectivity index (χ0) is 21.1. The summed E-state index contributed by atoms with van der Waals surface area (Å²) in [5.41, 5.74) is 1.15. The molecule has 0 atom stereocenters. The summed E-state index contributed by atoms with van der Waals surface area (Å²) >= 11 is 0. The summed E-state index contributed by atoms with van der Waals surface area (Å²) in [6.45, 7) is 2.23. The Balaban J connectivity index is 1.29. The molecule has 158 valence electrons. The van der Waals surface area contributed by atoms with E-state index in [0.717, 1.165) is 49.2 Å². The molecule has 3 aromatic rings. The van der Waals surface area contributed by atoms with E-state index in [1.165, 1.54) is 24.3 Å². The van der Waals surface area contributed by atoms with Gasteiger partial charge in [-0.3, -0.25) is 4.90 Å². The van der Waals surface area contributed by atoms with E-state index in [1.807, 2.05) is 0 Å². The number of rotatable bonds is 5. The molecule has 1 aliphatic heterocycles. The molecule has 2 heterocycles. The van der Waals surface area contributed by atoms with Crippen LogP contribution < -0.4 is 0 Å². The third-order valence-electron chi connectivity index (χ3n) is 5.38. The Kier molecular flexibility index (Phi) is 5.85. The van der Waals surface area contributed by atoms with Crippen LogP contribution in [-0.4, -0.2) is 28.1 Å². The van der Waals surface area contributed by atoms with Crippen LogP contribution in [0.1, 0.15) is 47.2 Å². The molecule has 0 spiro atoms. The predicted molar refractivity (Wildman–Crippen MR) is 102 cm³/mol. The quantitative estimate of drug-likeness (QED) is 0.534. The second-order valence-corrected chi connectivity index (χ2v) is 7.60. The standard InChI is InChI=1S/C22H21F4N3O/c23-19-7-3-15(4-8-19)13-20-27-21(30-28-20)17-9-11-29(12-10-17)14-16-1-5-18(6-2-16)22(24,25)26/h1-8,17H,9-14H2. The zero-order valence-electron chi connectivity index (χ0n) is 16.2. The van der Waals surface area contributed by atoms with Gasteiger partial charge in [-0.15, -0.1) is 0 Å². The number of benzene rings is 2. The average molecular weight is 419 g/mol. The van der Waals surface area contributed by atoms with Gasteiger partial charge in [-0.1, -0.05) is 29.4 Å². The minimum atomic E-state index is -4.31. The molecule has 0 unspecified atom stereocenters. The summed E-state index contributed by atoms with van der Waals surface area (Å²) in [4.78, 5) is 6.71. The maximum Gasteiger partial charge on any atom is 0.416 e. The van der Waals surface area contributed by atoms with Crippen LogP contribution in [0.5, 0.6) is 0 Å². The maximum absolute atomic E-state index is 13.0. The van der Waals surface area contributed by atoms with Crippen LogP contribution in [0.4, 0.5) is 17.6 Å². The van der Waals surface area contributed by atoms with Crippen LogP contribution in [0.15, 0.2) is 53.1 Å². The van der Waals surface area contributed by atoms with E-state index in [4.69, 9.17) is 4.52 Å². The highest BCUT2D eigenvalue weighted by molar-refractivity contribution is 5.24. The summed E-state index contributed by atoms with van der Waals surface area (Å²) in [5.74, 6) is 1.07. The summed E-state index contributed by atoms with van der Waals surface area (Å²) in [5, 5.41) is 4.04. The number of aromatic nitrogens is 2. The van der Waals surface area contributed by atoms with Gasteiger partial charge in [0.15, 0.2) is 5.82 Å². The molecule has 8 heteroatoms. The fourth-order valence-electron chi connectivity index (χ4n) is 3.69. The summed E-state index contributed by atoms with van der Waals surface area (Å²) in [6, 6.07) is 11.5. The van der Waals surface area contributed by atoms with E-state index in [-0.39, 0.29) is 11.7 Å². The Labute approximate surface area is 171 Å². The number of nitrogens with zero attached hydrogens (tertiary/aromatic N) is 3. The van der Waals surface area contributed by atoms with Crippen molar-refractivity contribution in [2.75, 3.05) is 13.1 Å². The van der Waals surface area contributed by atoms with Crippen molar-refractivity contribution in [2.24, 2.45) is 0 Å². The van der Waals surface area contributed by atoms with Crippen molar-refractivity contribution in [3.8, 4) is 0 Å². The van der Waals surface area contributed by atoms with Crippen molar-refractivity contribution in [1.29, 1.82) is 0 Å². The van der Waals surface area contributed by atoms with E-state index >= 15 is 0 Å². The SMILES string of the molecule is Fc1ccc(Cc2noc(C3CCN(Cc4ccc(C(F)(F)F)cc4)CC3)n2)cc1. The zero-order valence-corrected chi connectivity index (χ0v) is 16.2. The lowest BCUT2D eigenvalue weighted by molar-refractivity contribution is -0.137. The molecule has 0 aliphatic carbocycles. The van der Waals surface area contributed by atoms with E-state index in [9.17, 15) is 17.6 Å². The lowest BCUT2D eigenvalue weighted by atomic mass is 9.96. The third kappa shape index (κ3) is 5.05. The molecular formula is C22H21F4N3O.